The van der Waals surface area contributed by atoms with Crippen molar-refractivity contribution in [2.24, 2.45) is 0 Å². The summed E-state index contributed by atoms with van der Waals surface area (Å²) in [5, 5.41) is 9.42. The van der Waals surface area contributed by atoms with Gasteiger partial charge in [0.2, 0.25) is 0 Å². The molecule has 4 nitrogen and oxygen atoms in total. The third-order valence-electron chi connectivity index (χ3n) is 4.93. The number of aromatic nitrogens is 2. The molecule has 1 aliphatic heterocycles. The summed E-state index contributed by atoms with van der Waals surface area (Å²) < 4.78 is 0. The highest BCUT2D eigenvalue weighted by atomic mass is 15.0. The Kier molecular flexibility index (Phi) is 4.24. The van der Waals surface area contributed by atoms with E-state index in [1.165, 1.54) is 35.6 Å². The number of allylic oxidation sites excluding steroid dienone is 2. The van der Waals surface area contributed by atoms with Crippen LogP contribution in [-0.4, -0.2) is 29.1 Å². The van der Waals surface area contributed by atoms with Gasteiger partial charge >= 0.3 is 0 Å². The van der Waals surface area contributed by atoms with E-state index in [1.54, 1.807) is 0 Å². The van der Waals surface area contributed by atoms with Gasteiger partial charge < -0.3 is 10.6 Å². The summed E-state index contributed by atoms with van der Waals surface area (Å²) in [7, 11) is 0. The lowest BCUT2D eigenvalue weighted by Crippen LogP contribution is -2.35. The first kappa shape index (κ1) is 14.6. The lowest BCUT2D eigenvalue weighted by Gasteiger charge is -2.24. The minimum absolute atomic E-state index is 0.523. The second-order valence-corrected chi connectivity index (χ2v) is 6.59. The molecule has 3 heterocycles. The number of fused-ring (bicyclic) bond motifs is 1. The third kappa shape index (κ3) is 3.22. The first-order chi connectivity index (χ1) is 11.4. The second-order valence-electron chi connectivity index (χ2n) is 6.59. The number of hydrogen-bond donors (Lipinski definition) is 2. The molecule has 2 aromatic heterocycles. The molecule has 120 valence electrons. The topological polar surface area (TPSA) is 49.8 Å². The summed E-state index contributed by atoms with van der Waals surface area (Å²) >= 11 is 0. The van der Waals surface area contributed by atoms with Gasteiger partial charge in [0.15, 0.2) is 0 Å². The molecule has 4 rings (SSSR count). The summed E-state index contributed by atoms with van der Waals surface area (Å²) in [5.41, 5.74) is 2.55. The van der Waals surface area contributed by atoms with Gasteiger partial charge in [0.25, 0.3) is 0 Å². The van der Waals surface area contributed by atoms with Crippen molar-refractivity contribution in [3.8, 4) is 0 Å². The molecular weight excluding hydrogens is 284 g/mol. The van der Waals surface area contributed by atoms with E-state index in [0.717, 1.165) is 43.9 Å². The van der Waals surface area contributed by atoms with Crippen molar-refractivity contribution in [1.82, 2.24) is 15.3 Å². The van der Waals surface area contributed by atoms with Crippen LogP contribution in [0.4, 0.5) is 5.82 Å². The molecule has 23 heavy (non-hydrogen) atoms. The maximum Gasteiger partial charge on any atom is 0.126 e. The molecule has 1 aliphatic carbocycles. The number of anilines is 1. The predicted octanol–water partition coefficient (Wildman–Crippen LogP) is 3.75. The van der Waals surface area contributed by atoms with Crippen molar-refractivity contribution in [2.75, 3.05) is 18.4 Å². The number of nitrogens with one attached hydrogen (secondary N) is 2. The van der Waals surface area contributed by atoms with Gasteiger partial charge in [0, 0.05) is 29.2 Å². The van der Waals surface area contributed by atoms with Crippen molar-refractivity contribution in [1.29, 1.82) is 0 Å². The minimum atomic E-state index is 0.523. The molecule has 0 spiro atoms. The van der Waals surface area contributed by atoms with Crippen LogP contribution in [0.1, 0.15) is 44.2 Å². The van der Waals surface area contributed by atoms with Gasteiger partial charge in [0.1, 0.15) is 5.82 Å². The van der Waals surface area contributed by atoms with Crippen LogP contribution in [0.15, 0.2) is 30.6 Å². The Hall–Kier alpha value is -1.94. The van der Waals surface area contributed by atoms with Crippen molar-refractivity contribution in [2.45, 2.75) is 44.6 Å². The van der Waals surface area contributed by atoms with Gasteiger partial charge in [-0.25, -0.2) is 4.98 Å². The predicted molar refractivity (Wildman–Crippen MR) is 95.5 cm³/mol. The van der Waals surface area contributed by atoms with Gasteiger partial charge in [-0.2, -0.15) is 0 Å². The van der Waals surface area contributed by atoms with Gasteiger partial charge in [-0.15, -0.1) is 0 Å². The van der Waals surface area contributed by atoms with Crippen molar-refractivity contribution >= 4 is 22.2 Å². The first-order valence-corrected chi connectivity index (χ1v) is 8.81. The fourth-order valence-corrected chi connectivity index (χ4v) is 3.63. The number of pyridine rings is 2. The lowest BCUT2D eigenvalue weighted by atomic mass is 9.94. The number of hydrogen-bond acceptors (Lipinski definition) is 4. The fourth-order valence-electron chi connectivity index (χ4n) is 3.63. The molecular formula is C19H24N4. The van der Waals surface area contributed by atoms with E-state index in [2.05, 4.69) is 38.8 Å². The molecule has 0 amide bonds. The third-order valence-corrected chi connectivity index (χ3v) is 4.93. The van der Waals surface area contributed by atoms with Crippen molar-refractivity contribution in [3.05, 3.63) is 36.3 Å². The smallest absolute Gasteiger partial charge is 0.126 e. The summed E-state index contributed by atoms with van der Waals surface area (Å²) in [5.74, 6) is 0.982. The van der Waals surface area contributed by atoms with E-state index in [4.69, 9.17) is 0 Å². The van der Waals surface area contributed by atoms with E-state index in [1.807, 2.05) is 12.4 Å². The Morgan fingerprint density at radius 2 is 2.04 bits per heavy atom. The highest BCUT2D eigenvalue weighted by Crippen LogP contribution is 2.31. The quantitative estimate of drug-likeness (QED) is 0.906. The summed E-state index contributed by atoms with van der Waals surface area (Å²) in [6.07, 6.45) is 13.5. The zero-order valence-electron chi connectivity index (χ0n) is 13.5. The zero-order chi connectivity index (χ0) is 15.5. The van der Waals surface area contributed by atoms with Crippen LogP contribution in [0.5, 0.6) is 0 Å². The fraction of sp³-hybridized carbons (Fsp3) is 0.474. The number of rotatable bonds is 3. The highest BCUT2D eigenvalue weighted by molar-refractivity contribution is 5.93. The summed E-state index contributed by atoms with van der Waals surface area (Å²) in [6, 6.07) is 4.77. The second kappa shape index (κ2) is 6.67. The molecule has 0 atom stereocenters. The van der Waals surface area contributed by atoms with Crippen LogP contribution in [0, 0.1) is 0 Å². The SMILES string of the molecule is C1=C(c2nccc3cnc(NC4CCNCC4)cc23)CCCC1. The molecule has 1 saturated heterocycles. The van der Waals surface area contributed by atoms with Crippen LogP contribution >= 0.6 is 0 Å². The van der Waals surface area contributed by atoms with Crippen LogP contribution in [-0.2, 0) is 0 Å². The van der Waals surface area contributed by atoms with Crippen LogP contribution in [0.25, 0.3) is 16.3 Å². The molecule has 0 radical (unpaired) electrons. The molecule has 0 bridgehead atoms. The molecule has 2 N–H and O–H groups in total. The van der Waals surface area contributed by atoms with Gasteiger partial charge in [-0.3, -0.25) is 4.98 Å². The van der Waals surface area contributed by atoms with Crippen molar-refractivity contribution < 1.29 is 0 Å². The Morgan fingerprint density at radius 3 is 2.87 bits per heavy atom. The highest BCUT2D eigenvalue weighted by Gasteiger charge is 2.15. The van der Waals surface area contributed by atoms with Gasteiger partial charge in [-0.1, -0.05) is 6.08 Å². The van der Waals surface area contributed by atoms with E-state index < -0.39 is 0 Å². The molecule has 0 unspecified atom stereocenters. The first-order valence-electron chi connectivity index (χ1n) is 8.81. The molecule has 4 heteroatoms. The number of piperidine rings is 1. The Labute approximate surface area is 137 Å². The minimum Gasteiger partial charge on any atom is -0.367 e. The van der Waals surface area contributed by atoms with E-state index in [0.29, 0.717) is 6.04 Å². The van der Waals surface area contributed by atoms with Gasteiger partial charge in [-0.05, 0) is 69.3 Å². The Balaban J connectivity index is 1.67. The van der Waals surface area contributed by atoms with Crippen molar-refractivity contribution in [3.63, 3.8) is 0 Å². The summed E-state index contributed by atoms with van der Waals surface area (Å²) in [4.78, 5) is 9.29. The maximum absolute atomic E-state index is 4.68. The van der Waals surface area contributed by atoms with Crippen LogP contribution < -0.4 is 10.6 Å². The summed E-state index contributed by atoms with van der Waals surface area (Å²) in [6.45, 7) is 2.18. The van der Waals surface area contributed by atoms with E-state index in [-0.39, 0.29) is 0 Å². The molecule has 0 aromatic carbocycles. The monoisotopic (exact) mass is 308 g/mol. The Morgan fingerprint density at radius 1 is 1.13 bits per heavy atom. The molecule has 2 aliphatic rings. The largest absolute Gasteiger partial charge is 0.367 e. The van der Waals surface area contributed by atoms with E-state index in [9.17, 15) is 0 Å². The maximum atomic E-state index is 4.68. The average molecular weight is 308 g/mol. The number of nitrogens with zero attached hydrogens (tertiary/aromatic N) is 2. The van der Waals surface area contributed by atoms with Crippen LogP contribution in [0.2, 0.25) is 0 Å². The average Bonchev–Trinajstić information content (AvgIpc) is 2.63. The molecule has 2 aromatic rings. The normalized spacial score (nSPS) is 19.6. The Bertz CT molecular complexity index is 716. The standard InChI is InChI=1S/C19H24N4/c1-2-4-14(5-3-1)19-17-12-18(22-13-15(17)6-11-21-19)23-16-7-9-20-10-8-16/h4,6,11-13,16,20H,1-3,5,7-10H2,(H,22,23). The zero-order valence-corrected chi connectivity index (χ0v) is 13.5. The van der Waals surface area contributed by atoms with E-state index >= 15 is 0 Å². The lowest BCUT2D eigenvalue weighted by molar-refractivity contribution is 0.478. The van der Waals surface area contributed by atoms with Gasteiger partial charge in [0.05, 0.1) is 5.69 Å². The molecule has 0 saturated carbocycles. The molecule has 1 fully saturated rings. The van der Waals surface area contributed by atoms with Crippen LogP contribution in [0.3, 0.4) is 0 Å².